The van der Waals surface area contributed by atoms with Gasteiger partial charge in [-0.3, -0.25) is 0 Å². The summed E-state index contributed by atoms with van der Waals surface area (Å²) in [5.74, 6) is 0. The Hall–Kier alpha value is -2.34. The highest BCUT2D eigenvalue weighted by Gasteiger charge is 2.21. The molecule has 0 atom stereocenters. The van der Waals surface area contributed by atoms with E-state index in [1.165, 1.54) is 49.7 Å². The van der Waals surface area contributed by atoms with Crippen molar-refractivity contribution in [2.75, 3.05) is 0 Å². The number of hydrogen-bond donors (Lipinski definition) is 0. The standard InChI is InChI=1S/C21H18/c1-13-7-10-19-15(3)21-17(12-18(19)11-13)9-8-16-6-4-5-14(2)20(16)21/h4-11H,3,12H2,1-2H3. The molecule has 102 valence electrons. The van der Waals surface area contributed by atoms with Crippen molar-refractivity contribution in [1.29, 1.82) is 0 Å². The minimum absolute atomic E-state index is 1.01. The molecule has 0 bridgehead atoms. The van der Waals surface area contributed by atoms with Gasteiger partial charge in [-0.25, -0.2) is 0 Å². The molecule has 0 spiro atoms. The fourth-order valence-electron chi connectivity index (χ4n) is 3.60. The molecule has 1 aliphatic carbocycles. The number of fused-ring (bicyclic) bond motifs is 4. The lowest BCUT2D eigenvalue weighted by Gasteiger charge is -2.24. The molecule has 0 radical (unpaired) electrons. The summed E-state index contributed by atoms with van der Waals surface area (Å²) in [7, 11) is 0. The fraction of sp³-hybridized carbons (Fsp3) is 0.143. The van der Waals surface area contributed by atoms with E-state index in [1.54, 1.807) is 0 Å². The second-order valence-corrected chi connectivity index (χ2v) is 6.09. The fourth-order valence-corrected chi connectivity index (χ4v) is 3.60. The summed E-state index contributed by atoms with van der Waals surface area (Å²) < 4.78 is 0. The van der Waals surface area contributed by atoms with Crippen molar-refractivity contribution in [3.8, 4) is 0 Å². The van der Waals surface area contributed by atoms with Crippen LogP contribution in [0.2, 0.25) is 0 Å². The molecule has 0 unspecified atom stereocenters. The predicted molar refractivity (Wildman–Crippen MR) is 90.8 cm³/mol. The zero-order valence-electron chi connectivity index (χ0n) is 12.5. The molecule has 1 aliphatic rings. The van der Waals surface area contributed by atoms with E-state index in [2.05, 4.69) is 69.0 Å². The molecule has 3 aromatic carbocycles. The van der Waals surface area contributed by atoms with Crippen LogP contribution in [0.4, 0.5) is 0 Å². The highest BCUT2D eigenvalue weighted by atomic mass is 14.2. The van der Waals surface area contributed by atoms with Gasteiger partial charge in [0.1, 0.15) is 0 Å². The zero-order chi connectivity index (χ0) is 14.6. The summed E-state index contributed by atoms with van der Waals surface area (Å²) in [6.45, 7) is 8.77. The normalized spacial score (nSPS) is 13.1. The number of hydrogen-bond acceptors (Lipinski definition) is 0. The van der Waals surface area contributed by atoms with Crippen molar-refractivity contribution in [3.63, 3.8) is 0 Å². The monoisotopic (exact) mass is 270 g/mol. The molecule has 0 nitrogen and oxygen atoms in total. The third-order valence-electron chi connectivity index (χ3n) is 4.61. The predicted octanol–water partition coefficient (Wildman–Crippen LogP) is 5.42. The van der Waals surface area contributed by atoms with E-state index < -0.39 is 0 Å². The molecule has 0 saturated carbocycles. The molecule has 21 heavy (non-hydrogen) atoms. The van der Waals surface area contributed by atoms with Gasteiger partial charge in [-0.05, 0) is 64.4 Å². The molecule has 0 heterocycles. The van der Waals surface area contributed by atoms with Gasteiger partial charge in [-0.1, -0.05) is 60.7 Å². The Morgan fingerprint density at radius 2 is 1.76 bits per heavy atom. The van der Waals surface area contributed by atoms with Crippen LogP contribution in [-0.2, 0) is 6.42 Å². The highest BCUT2D eigenvalue weighted by Crippen LogP contribution is 2.40. The van der Waals surface area contributed by atoms with Crippen LogP contribution in [0.3, 0.4) is 0 Å². The largest absolute Gasteiger partial charge is 0.0905 e. The van der Waals surface area contributed by atoms with Gasteiger partial charge in [0.25, 0.3) is 0 Å². The molecule has 0 heteroatoms. The maximum Gasteiger partial charge on any atom is -0.00131 e. The van der Waals surface area contributed by atoms with Gasteiger partial charge in [0.2, 0.25) is 0 Å². The average molecular weight is 270 g/mol. The Labute approximate surface area is 125 Å². The van der Waals surface area contributed by atoms with Gasteiger partial charge in [0.05, 0.1) is 0 Å². The van der Waals surface area contributed by atoms with Crippen LogP contribution in [0.5, 0.6) is 0 Å². The minimum Gasteiger partial charge on any atom is -0.0905 e. The lowest BCUT2D eigenvalue weighted by atomic mass is 9.79. The van der Waals surface area contributed by atoms with Crippen LogP contribution in [0.25, 0.3) is 16.3 Å². The molecule has 4 rings (SSSR count). The van der Waals surface area contributed by atoms with Crippen LogP contribution in [0.1, 0.15) is 33.4 Å². The minimum atomic E-state index is 1.01. The molecular weight excluding hydrogens is 252 g/mol. The van der Waals surface area contributed by atoms with Gasteiger partial charge in [0.15, 0.2) is 0 Å². The van der Waals surface area contributed by atoms with Crippen molar-refractivity contribution in [2.45, 2.75) is 20.3 Å². The summed E-state index contributed by atoms with van der Waals surface area (Å²) in [6.07, 6.45) is 1.01. The summed E-state index contributed by atoms with van der Waals surface area (Å²) in [5.41, 5.74) is 9.29. The first-order valence-corrected chi connectivity index (χ1v) is 7.45. The second kappa shape index (κ2) is 4.33. The SMILES string of the molecule is C=C1c2ccc(C)cc2Cc2ccc3cccc(C)c3c21. The van der Waals surface area contributed by atoms with E-state index in [4.69, 9.17) is 0 Å². The molecular formula is C21H18. The van der Waals surface area contributed by atoms with E-state index in [0.717, 1.165) is 6.42 Å². The van der Waals surface area contributed by atoms with Crippen LogP contribution in [0, 0.1) is 13.8 Å². The molecule has 0 fully saturated rings. The molecule has 0 aliphatic heterocycles. The Bertz CT molecular complexity index is 897. The first kappa shape index (κ1) is 12.4. The lowest BCUT2D eigenvalue weighted by molar-refractivity contribution is 1.14. The Morgan fingerprint density at radius 3 is 2.62 bits per heavy atom. The van der Waals surface area contributed by atoms with E-state index >= 15 is 0 Å². The topological polar surface area (TPSA) is 0 Å². The lowest BCUT2D eigenvalue weighted by Crippen LogP contribution is -2.07. The van der Waals surface area contributed by atoms with E-state index in [0.29, 0.717) is 0 Å². The molecule has 0 saturated heterocycles. The maximum absolute atomic E-state index is 4.42. The van der Waals surface area contributed by atoms with Crippen LogP contribution in [0.15, 0.2) is 55.1 Å². The smallest absolute Gasteiger partial charge is 0.00131 e. The Kier molecular flexibility index (Phi) is 2.56. The van der Waals surface area contributed by atoms with Gasteiger partial charge in [-0.15, -0.1) is 0 Å². The van der Waals surface area contributed by atoms with Crippen molar-refractivity contribution in [2.24, 2.45) is 0 Å². The first-order valence-electron chi connectivity index (χ1n) is 7.45. The number of benzene rings is 3. The van der Waals surface area contributed by atoms with Crippen molar-refractivity contribution < 1.29 is 0 Å². The Morgan fingerprint density at radius 1 is 0.905 bits per heavy atom. The second-order valence-electron chi connectivity index (χ2n) is 6.09. The average Bonchev–Trinajstić information content (AvgIpc) is 2.47. The van der Waals surface area contributed by atoms with Gasteiger partial charge in [0, 0.05) is 0 Å². The summed E-state index contributed by atoms with van der Waals surface area (Å²) in [6, 6.07) is 17.8. The first-order chi connectivity index (χ1) is 10.1. The van der Waals surface area contributed by atoms with Crippen molar-refractivity contribution in [1.82, 2.24) is 0 Å². The van der Waals surface area contributed by atoms with E-state index in [9.17, 15) is 0 Å². The van der Waals surface area contributed by atoms with Crippen LogP contribution >= 0.6 is 0 Å². The number of rotatable bonds is 0. The zero-order valence-corrected chi connectivity index (χ0v) is 12.5. The van der Waals surface area contributed by atoms with Crippen LogP contribution < -0.4 is 0 Å². The summed E-state index contributed by atoms with van der Waals surface area (Å²) >= 11 is 0. The third-order valence-corrected chi connectivity index (χ3v) is 4.61. The summed E-state index contributed by atoms with van der Waals surface area (Å²) in [4.78, 5) is 0. The molecule has 0 N–H and O–H groups in total. The quantitative estimate of drug-likeness (QED) is 0.400. The highest BCUT2D eigenvalue weighted by molar-refractivity contribution is 6.02. The number of aryl methyl sites for hydroxylation is 2. The van der Waals surface area contributed by atoms with E-state index in [1.807, 2.05) is 0 Å². The van der Waals surface area contributed by atoms with Crippen molar-refractivity contribution >= 4 is 16.3 Å². The van der Waals surface area contributed by atoms with Gasteiger partial charge >= 0.3 is 0 Å². The molecule has 3 aromatic rings. The van der Waals surface area contributed by atoms with Crippen LogP contribution in [-0.4, -0.2) is 0 Å². The van der Waals surface area contributed by atoms with Gasteiger partial charge in [-0.2, -0.15) is 0 Å². The maximum atomic E-state index is 4.42. The molecule has 0 aromatic heterocycles. The summed E-state index contributed by atoms with van der Waals surface area (Å²) in [5, 5.41) is 2.68. The van der Waals surface area contributed by atoms with Crippen molar-refractivity contribution in [3.05, 3.63) is 88.5 Å². The molecule has 0 amide bonds. The van der Waals surface area contributed by atoms with E-state index in [-0.39, 0.29) is 0 Å². The third kappa shape index (κ3) is 1.76. The van der Waals surface area contributed by atoms with Gasteiger partial charge < -0.3 is 0 Å². The Balaban J connectivity index is 2.06.